The number of nitrogens with zero attached hydrogens (tertiary/aromatic N) is 6. The van der Waals surface area contributed by atoms with Crippen molar-refractivity contribution in [3.05, 3.63) is 83.7 Å². The first-order valence-corrected chi connectivity index (χ1v) is 8.78. The predicted octanol–water partition coefficient (Wildman–Crippen LogP) is 3.39. The molecule has 0 saturated carbocycles. The van der Waals surface area contributed by atoms with Gasteiger partial charge in [-0.3, -0.25) is 20.2 Å². The second-order valence-electron chi connectivity index (χ2n) is 7.04. The molecule has 0 fully saturated rings. The van der Waals surface area contributed by atoms with Crippen molar-refractivity contribution in [3.63, 3.8) is 0 Å². The van der Waals surface area contributed by atoms with Crippen molar-refractivity contribution < 1.29 is 20.4 Å². The van der Waals surface area contributed by atoms with E-state index in [9.17, 15) is 0 Å². The summed E-state index contributed by atoms with van der Waals surface area (Å²) < 4.78 is 3.33. The minimum atomic E-state index is -0.392. The molecule has 7 heteroatoms. The van der Waals surface area contributed by atoms with Crippen LogP contribution in [0.3, 0.4) is 0 Å². The number of aromatic nitrogens is 6. The van der Waals surface area contributed by atoms with Gasteiger partial charge in [0.1, 0.15) is 0 Å². The van der Waals surface area contributed by atoms with Crippen LogP contribution in [-0.2, 0) is 25.8 Å². The third kappa shape index (κ3) is 3.82. The van der Waals surface area contributed by atoms with Crippen molar-refractivity contribution in [2.75, 3.05) is 0 Å². The largest absolute Gasteiger partial charge is 2.00 e. The van der Waals surface area contributed by atoms with Crippen LogP contribution in [0, 0.1) is 26.2 Å². The monoisotopic (exact) mass is 462 g/mol. The molecule has 6 nitrogen and oxygen atoms in total. The van der Waals surface area contributed by atoms with Gasteiger partial charge in [-0.15, -0.1) is 12.1 Å². The molecule has 0 aliphatic carbocycles. The summed E-state index contributed by atoms with van der Waals surface area (Å²) >= 11 is 0. The Bertz CT molecular complexity index is 1010. The van der Waals surface area contributed by atoms with Crippen molar-refractivity contribution in [2.24, 2.45) is 0 Å². The van der Waals surface area contributed by atoms with E-state index in [2.05, 4.69) is 36.4 Å². The quantitative estimate of drug-likeness (QED) is 0.344. The van der Waals surface area contributed by atoms with E-state index in [1.807, 2.05) is 62.4 Å². The van der Waals surface area contributed by atoms with Gasteiger partial charge in [0.25, 0.3) is 0 Å². The van der Waals surface area contributed by atoms with Gasteiger partial charge in [0.2, 0.25) is 0 Å². The molecule has 0 bridgehead atoms. The predicted molar refractivity (Wildman–Crippen MR) is 102 cm³/mol. The first-order valence-electron chi connectivity index (χ1n) is 8.78. The van der Waals surface area contributed by atoms with Crippen LogP contribution in [0.2, 0.25) is 0 Å². The Labute approximate surface area is 178 Å². The van der Waals surface area contributed by atoms with Crippen LogP contribution in [0.15, 0.2) is 48.5 Å². The summed E-state index contributed by atoms with van der Waals surface area (Å²) in [7, 11) is 0. The first kappa shape index (κ1) is 20.1. The second-order valence-corrected chi connectivity index (χ2v) is 7.04. The molecule has 144 valence electrons. The van der Waals surface area contributed by atoms with Gasteiger partial charge in [-0.1, -0.05) is 50.5 Å². The van der Waals surface area contributed by atoms with Crippen LogP contribution in [-0.4, -0.2) is 29.5 Å². The van der Waals surface area contributed by atoms with E-state index in [4.69, 9.17) is 9.97 Å². The van der Waals surface area contributed by atoms with Gasteiger partial charge in [-0.05, 0) is 37.4 Å². The number of rotatable bonds is 4. The Kier molecular flexibility index (Phi) is 5.60. The van der Waals surface area contributed by atoms with E-state index >= 15 is 0 Å². The molecule has 0 saturated heterocycles. The summed E-state index contributed by atoms with van der Waals surface area (Å²) in [6.45, 7) is 8.09. The molecule has 4 aromatic rings. The maximum absolute atomic E-state index is 4.81. The molecule has 28 heavy (non-hydrogen) atoms. The number of aryl methyl sites for hydroxylation is 2. The zero-order chi connectivity index (χ0) is 19.0. The standard InChI is InChI=1S/C21H20N6.Pd/c1-15-11-13-26(24-15)19-9-5-7-17(22-19)21(3,4)18-8-6-10-20(23-18)27-14-12-16(2)25-27;/h5-12H,1-4H3;/q-2;+2. The maximum Gasteiger partial charge on any atom is 2.00 e. The fourth-order valence-corrected chi connectivity index (χ4v) is 2.88. The van der Waals surface area contributed by atoms with E-state index in [1.54, 1.807) is 9.36 Å². The smallest absolute Gasteiger partial charge is 0.343 e. The summed E-state index contributed by atoms with van der Waals surface area (Å²) in [5, 5.41) is 8.80. The van der Waals surface area contributed by atoms with Crippen LogP contribution in [0.4, 0.5) is 0 Å². The van der Waals surface area contributed by atoms with Crippen molar-refractivity contribution >= 4 is 0 Å². The minimum Gasteiger partial charge on any atom is -0.343 e. The molecule has 4 aromatic heterocycles. The van der Waals surface area contributed by atoms with Crippen LogP contribution in [0.5, 0.6) is 0 Å². The molecule has 0 aromatic carbocycles. The van der Waals surface area contributed by atoms with Crippen LogP contribution < -0.4 is 0 Å². The fourth-order valence-electron chi connectivity index (χ4n) is 2.88. The van der Waals surface area contributed by atoms with Gasteiger partial charge < -0.3 is 9.36 Å². The van der Waals surface area contributed by atoms with E-state index in [-0.39, 0.29) is 20.4 Å². The summed E-state index contributed by atoms with van der Waals surface area (Å²) in [6.07, 6.45) is 6.17. The van der Waals surface area contributed by atoms with Gasteiger partial charge in [0.15, 0.2) is 0 Å². The van der Waals surface area contributed by atoms with Crippen molar-refractivity contribution in [1.82, 2.24) is 29.5 Å². The van der Waals surface area contributed by atoms with Gasteiger partial charge in [-0.25, -0.2) is 0 Å². The van der Waals surface area contributed by atoms with Crippen LogP contribution >= 0.6 is 0 Å². The summed E-state index contributed by atoms with van der Waals surface area (Å²) in [5.74, 6) is 1.47. The second kappa shape index (κ2) is 7.78. The zero-order valence-corrected chi connectivity index (χ0v) is 17.7. The summed E-state index contributed by atoms with van der Waals surface area (Å²) in [6, 6.07) is 15.5. The normalized spacial score (nSPS) is 11.3. The molecule has 0 N–H and O–H groups in total. The van der Waals surface area contributed by atoms with Crippen molar-refractivity contribution in [3.8, 4) is 11.6 Å². The summed E-state index contributed by atoms with van der Waals surface area (Å²) in [4.78, 5) is 9.62. The number of hydrogen-bond donors (Lipinski definition) is 0. The van der Waals surface area contributed by atoms with Gasteiger partial charge in [0, 0.05) is 16.8 Å². The average molecular weight is 463 g/mol. The molecule has 4 rings (SSSR count). The third-order valence-electron chi connectivity index (χ3n) is 4.49. The SMILES string of the molecule is Cc1c[c-]n(-c2cccc(C(C)(C)c3cccc(-n4[c-]cc(C)n4)n3)n2)n1.[Pd+2]. The van der Waals surface area contributed by atoms with Crippen molar-refractivity contribution in [1.29, 1.82) is 0 Å². The molecule has 0 aliphatic rings. The Morgan fingerprint density at radius 1 is 0.750 bits per heavy atom. The zero-order valence-electron chi connectivity index (χ0n) is 16.1. The molecule has 0 unspecified atom stereocenters. The van der Waals surface area contributed by atoms with E-state index in [1.165, 1.54) is 0 Å². The van der Waals surface area contributed by atoms with Gasteiger partial charge >= 0.3 is 20.4 Å². The Hall–Kier alpha value is -2.62. The Morgan fingerprint density at radius 2 is 1.18 bits per heavy atom. The van der Waals surface area contributed by atoms with Crippen LogP contribution in [0.25, 0.3) is 11.6 Å². The fraction of sp³-hybridized carbons (Fsp3) is 0.238. The molecule has 0 radical (unpaired) electrons. The minimum absolute atomic E-state index is 0. The topological polar surface area (TPSA) is 61.4 Å². The molecule has 0 aliphatic heterocycles. The molecule has 0 spiro atoms. The molecule has 0 atom stereocenters. The first-order chi connectivity index (χ1) is 12.9. The molecule has 4 heterocycles. The van der Waals surface area contributed by atoms with Crippen LogP contribution in [0.1, 0.15) is 36.6 Å². The number of hydrogen-bond acceptors (Lipinski definition) is 4. The molecular formula is C21H20N6Pd. The summed E-state index contributed by atoms with van der Waals surface area (Å²) in [5.41, 5.74) is 3.23. The number of pyridine rings is 2. The molecule has 0 amide bonds. The van der Waals surface area contributed by atoms with E-state index < -0.39 is 5.41 Å². The maximum atomic E-state index is 4.81. The average Bonchev–Trinajstić information content (AvgIpc) is 3.30. The Morgan fingerprint density at radius 3 is 1.54 bits per heavy atom. The third-order valence-corrected chi connectivity index (χ3v) is 4.49. The van der Waals surface area contributed by atoms with Gasteiger partial charge in [0.05, 0.1) is 11.6 Å². The van der Waals surface area contributed by atoms with Gasteiger partial charge in [-0.2, -0.15) is 0 Å². The molecular weight excluding hydrogens is 443 g/mol. The van der Waals surface area contributed by atoms with Crippen molar-refractivity contribution in [2.45, 2.75) is 33.1 Å². The van der Waals surface area contributed by atoms with E-state index in [0.29, 0.717) is 0 Å². The Balaban J connectivity index is 0.00000225. The van der Waals surface area contributed by atoms with E-state index in [0.717, 1.165) is 34.4 Å².